The third-order valence-electron chi connectivity index (χ3n) is 3.37. The van der Waals surface area contributed by atoms with Crippen LogP contribution in [0.25, 0.3) is 10.8 Å². The zero-order valence-electron chi connectivity index (χ0n) is 12.9. The van der Waals surface area contributed by atoms with E-state index in [-0.39, 0.29) is 12.5 Å². The van der Waals surface area contributed by atoms with Gasteiger partial charge in [-0.25, -0.2) is 0 Å². The number of hydrogen-bond donors (Lipinski definition) is 3. The number of carbonyl (C=O) groups excluding carboxylic acids is 2. The summed E-state index contributed by atoms with van der Waals surface area (Å²) in [5, 5.41) is 4.39. The molecule has 0 bridgehead atoms. The lowest BCUT2D eigenvalue weighted by Gasteiger charge is -2.13. The molecule has 0 saturated carbocycles. The van der Waals surface area contributed by atoms with Crippen LogP contribution in [0.4, 0.5) is 0 Å². The quantitative estimate of drug-likeness (QED) is 0.636. The molecule has 0 aliphatic carbocycles. The van der Waals surface area contributed by atoms with Gasteiger partial charge >= 0.3 is 0 Å². The molecule has 2 rings (SSSR count). The van der Waals surface area contributed by atoms with Crippen molar-refractivity contribution in [3.63, 3.8) is 0 Å². The van der Waals surface area contributed by atoms with Gasteiger partial charge in [0.15, 0.2) is 0 Å². The van der Waals surface area contributed by atoms with Crippen LogP contribution in [-0.4, -0.2) is 31.5 Å². The van der Waals surface area contributed by atoms with E-state index >= 15 is 0 Å². The number of ether oxygens (including phenoxy) is 1. The van der Waals surface area contributed by atoms with Crippen molar-refractivity contribution in [2.75, 3.05) is 19.7 Å². The summed E-state index contributed by atoms with van der Waals surface area (Å²) in [6, 6.07) is 11.3. The molecule has 0 fully saturated rings. The third-order valence-corrected chi connectivity index (χ3v) is 3.37. The molecule has 23 heavy (non-hydrogen) atoms. The van der Waals surface area contributed by atoms with Crippen LogP contribution < -0.4 is 21.5 Å². The maximum Gasteiger partial charge on any atom is 0.255 e. The van der Waals surface area contributed by atoms with E-state index in [2.05, 4.69) is 5.32 Å². The highest BCUT2D eigenvalue weighted by Gasteiger charge is 2.14. The lowest BCUT2D eigenvalue weighted by atomic mass is 10.1. The molecule has 5 N–H and O–H groups in total. The largest absolute Gasteiger partial charge is 0.493 e. The van der Waals surface area contributed by atoms with Crippen molar-refractivity contribution in [3.05, 3.63) is 42.0 Å². The van der Waals surface area contributed by atoms with Crippen LogP contribution in [0.2, 0.25) is 0 Å². The van der Waals surface area contributed by atoms with Crippen LogP contribution in [0.3, 0.4) is 0 Å². The number of nitrogens with one attached hydrogen (secondary N) is 1. The zero-order valence-corrected chi connectivity index (χ0v) is 12.9. The maximum absolute atomic E-state index is 12.3. The smallest absolute Gasteiger partial charge is 0.255 e. The molecule has 0 aliphatic heterocycles. The Labute approximate surface area is 134 Å². The number of unbranched alkanes of at least 4 members (excludes halogenated alkanes) is 1. The van der Waals surface area contributed by atoms with Gasteiger partial charge in [0.25, 0.3) is 5.91 Å². The fourth-order valence-corrected chi connectivity index (χ4v) is 2.21. The highest BCUT2D eigenvalue weighted by molar-refractivity contribution is 6.02. The summed E-state index contributed by atoms with van der Waals surface area (Å²) >= 11 is 0. The number of rotatable bonds is 8. The Bertz CT molecular complexity index is 701. The van der Waals surface area contributed by atoms with Crippen LogP contribution in [0.15, 0.2) is 36.4 Å². The molecule has 0 saturated heterocycles. The van der Waals surface area contributed by atoms with Crippen molar-refractivity contribution < 1.29 is 14.3 Å². The maximum atomic E-state index is 12.3. The minimum absolute atomic E-state index is 0.210. The lowest BCUT2D eigenvalue weighted by molar-refractivity contribution is -0.117. The molecule has 2 aromatic rings. The molecule has 0 unspecified atom stereocenters. The molecule has 0 heterocycles. The summed E-state index contributed by atoms with van der Waals surface area (Å²) in [5.41, 5.74) is 10.9. The minimum Gasteiger partial charge on any atom is -0.493 e. The third kappa shape index (κ3) is 4.69. The van der Waals surface area contributed by atoms with Gasteiger partial charge in [-0.15, -0.1) is 0 Å². The van der Waals surface area contributed by atoms with Gasteiger partial charge < -0.3 is 21.5 Å². The van der Waals surface area contributed by atoms with E-state index in [1.807, 2.05) is 30.3 Å². The van der Waals surface area contributed by atoms with Crippen molar-refractivity contribution in [1.29, 1.82) is 0 Å². The minimum atomic E-state index is -0.593. The van der Waals surface area contributed by atoms with Crippen LogP contribution in [0, 0.1) is 0 Å². The van der Waals surface area contributed by atoms with Crippen molar-refractivity contribution in [3.8, 4) is 5.75 Å². The summed E-state index contributed by atoms with van der Waals surface area (Å²) < 4.78 is 5.74. The van der Waals surface area contributed by atoms with Crippen LogP contribution >= 0.6 is 0 Å². The topological polar surface area (TPSA) is 107 Å². The van der Waals surface area contributed by atoms with E-state index in [0.29, 0.717) is 24.5 Å². The van der Waals surface area contributed by atoms with E-state index in [1.165, 1.54) is 0 Å². The number of nitrogens with two attached hydrogens (primary N) is 2. The van der Waals surface area contributed by atoms with Gasteiger partial charge in [-0.05, 0) is 42.3 Å². The second kappa shape index (κ2) is 8.14. The molecule has 6 heteroatoms. The average molecular weight is 315 g/mol. The number of benzene rings is 2. The predicted octanol–water partition coefficient (Wildman–Crippen LogP) is 1.17. The van der Waals surface area contributed by atoms with E-state index in [0.717, 1.165) is 23.6 Å². The molecule has 122 valence electrons. The fraction of sp³-hybridized carbons (Fsp3) is 0.294. The summed E-state index contributed by atoms with van der Waals surface area (Å²) in [7, 11) is 0. The first-order valence-corrected chi connectivity index (χ1v) is 7.54. The Kier molecular flexibility index (Phi) is 5.94. The van der Waals surface area contributed by atoms with Gasteiger partial charge in [0.2, 0.25) is 5.91 Å². The van der Waals surface area contributed by atoms with E-state index in [9.17, 15) is 9.59 Å². The highest BCUT2D eigenvalue weighted by Crippen LogP contribution is 2.26. The Hall–Kier alpha value is -2.60. The monoisotopic (exact) mass is 315 g/mol. The molecule has 0 aromatic heterocycles. The number of hydrogen-bond acceptors (Lipinski definition) is 4. The molecule has 2 amide bonds. The van der Waals surface area contributed by atoms with Crippen LogP contribution in [0.5, 0.6) is 5.75 Å². The zero-order chi connectivity index (χ0) is 16.7. The average Bonchev–Trinajstić information content (AvgIpc) is 2.55. The first-order chi connectivity index (χ1) is 11.1. The number of primary amides is 1. The number of carbonyl (C=O) groups is 2. The molecular formula is C17H21N3O3. The second-order valence-corrected chi connectivity index (χ2v) is 5.19. The molecule has 0 radical (unpaired) electrons. The lowest BCUT2D eigenvalue weighted by Crippen LogP contribution is -2.33. The predicted molar refractivity (Wildman–Crippen MR) is 89.3 cm³/mol. The standard InChI is InChI=1S/C17H21N3O3/c18-7-3-4-8-23-15-10-13-6-2-1-5-12(13)9-14(15)17(22)20-11-16(19)21/h1-2,5-6,9-10H,3-4,7-8,11,18H2,(H2,19,21)(H,20,22). The molecular weight excluding hydrogens is 294 g/mol. The van der Waals surface area contributed by atoms with Gasteiger partial charge in [0, 0.05) is 0 Å². The molecule has 2 aromatic carbocycles. The van der Waals surface area contributed by atoms with Gasteiger partial charge in [0.1, 0.15) is 5.75 Å². The van der Waals surface area contributed by atoms with Crippen LogP contribution in [0.1, 0.15) is 23.2 Å². The summed E-state index contributed by atoms with van der Waals surface area (Å²) in [6.07, 6.45) is 1.67. The van der Waals surface area contributed by atoms with E-state index in [1.54, 1.807) is 6.07 Å². The van der Waals surface area contributed by atoms with Gasteiger partial charge in [-0.2, -0.15) is 0 Å². The molecule has 0 atom stereocenters. The van der Waals surface area contributed by atoms with Crippen molar-refractivity contribution in [2.24, 2.45) is 11.5 Å². The summed E-state index contributed by atoms with van der Waals surface area (Å²) in [5.74, 6) is -0.490. The summed E-state index contributed by atoms with van der Waals surface area (Å²) in [4.78, 5) is 23.1. The number of fused-ring (bicyclic) bond motifs is 1. The van der Waals surface area contributed by atoms with Gasteiger partial charge in [-0.1, -0.05) is 24.3 Å². The Morgan fingerprint density at radius 2 is 1.78 bits per heavy atom. The molecule has 6 nitrogen and oxygen atoms in total. The number of amides is 2. The second-order valence-electron chi connectivity index (χ2n) is 5.19. The first kappa shape index (κ1) is 16.8. The van der Waals surface area contributed by atoms with E-state index in [4.69, 9.17) is 16.2 Å². The van der Waals surface area contributed by atoms with E-state index < -0.39 is 5.91 Å². The van der Waals surface area contributed by atoms with Crippen LogP contribution in [-0.2, 0) is 4.79 Å². The Balaban J connectivity index is 2.26. The Morgan fingerprint density at radius 1 is 1.09 bits per heavy atom. The Morgan fingerprint density at radius 3 is 2.43 bits per heavy atom. The molecule has 0 spiro atoms. The SMILES string of the molecule is NCCCCOc1cc2ccccc2cc1C(=O)NCC(N)=O. The van der Waals surface area contributed by atoms with Crippen molar-refractivity contribution in [1.82, 2.24) is 5.32 Å². The summed E-state index contributed by atoms with van der Waals surface area (Å²) in [6.45, 7) is 0.872. The fourth-order valence-electron chi connectivity index (χ4n) is 2.21. The normalized spacial score (nSPS) is 10.5. The molecule has 0 aliphatic rings. The highest BCUT2D eigenvalue weighted by atomic mass is 16.5. The van der Waals surface area contributed by atoms with Crippen molar-refractivity contribution >= 4 is 22.6 Å². The van der Waals surface area contributed by atoms with Gasteiger partial charge in [0.05, 0.1) is 18.7 Å². The first-order valence-electron chi connectivity index (χ1n) is 7.54. The van der Waals surface area contributed by atoms with Gasteiger partial charge in [-0.3, -0.25) is 9.59 Å². The van der Waals surface area contributed by atoms with Crippen molar-refractivity contribution in [2.45, 2.75) is 12.8 Å².